The quantitative estimate of drug-likeness (QED) is 0.858. The molecule has 1 fully saturated rings. The Hall–Kier alpha value is -1.22. The Morgan fingerprint density at radius 2 is 2.19 bits per heavy atom. The lowest BCUT2D eigenvalue weighted by atomic mass is 10.1. The molecule has 2 nitrogen and oxygen atoms in total. The maximum Gasteiger partial charge on any atom is 0.134 e. The van der Waals surface area contributed by atoms with Gasteiger partial charge < -0.3 is 5.32 Å². The van der Waals surface area contributed by atoms with Gasteiger partial charge in [0.05, 0.1) is 0 Å². The summed E-state index contributed by atoms with van der Waals surface area (Å²) in [5.74, 6) is 3.50. The van der Waals surface area contributed by atoms with Crippen LogP contribution < -0.4 is 5.32 Å². The van der Waals surface area contributed by atoms with E-state index < -0.39 is 0 Å². The number of benzene rings is 1. The van der Waals surface area contributed by atoms with Crippen LogP contribution >= 0.6 is 11.8 Å². The molecule has 1 aliphatic heterocycles. The van der Waals surface area contributed by atoms with Crippen LogP contribution in [-0.2, 0) is 0 Å². The van der Waals surface area contributed by atoms with Crippen LogP contribution in [0.5, 0.6) is 0 Å². The first-order valence-electron chi connectivity index (χ1n) is 5.61. The van der Waals surface area contributed by atoms with Crippen LogP contribution in [-0.4, -0.2) is 22.5 Å². The Kier molecular flexibility index (Phi) is 2.70. The summed E-state index contributed by atoms with van der Waals surface area (Å²) in [5, 5.41) is 6.03. The molecule has 0 bridgehead atoms. The van der Waals surface area contributed by atoms with E-state index in [-0.39, 0.29) is 0 Å². The molecular weight excluding hydrogens is 216 g/mol. The third kappa shape index (κ3) is 1.87. The summed E-state index contributed by atoms with van der Waals surface area (Å²) in [6.07, 6.45) is 3.13. The predicted octanol–water partition coefficient (Wildman–Crippen LogP) is 3.15. The highest BCUT2D eigenvalue weighted by Crippen LogP contribution is 2.25. The molecule has 82 valence electrons. The number of hydrogen-bond acceptors (Lipinski definition) is 3. The SMILES string of the molecule is c1ccc2c(NC3CCSC3)nccc2c1. The lowest BCUT2D eigenvalue weighted by molar-refractivity contribution is 0.808. The second kappa shape index (κ2) is 4.34. The third-order valence-corrected chi connectivity index (χ3v) is 4.11. The maximum absolute atomic E-state index is 4.45. The van der Waals surface area contributed by atoms with Crippen LogP contribution in [0.4, 0.5) is 5.82 Å². The van der Waals surface area contributed by atoms with Gasteiger partial charge in [0.15, 0.2) is 0 Å². The fourth-order valence-corrected chi connectivity index (χ4v) is 3.23. The number of hydrogen-bond donors (Lipinski definition) is 1. The minimum Gasteiger partial charge on any atom is -0.366 e. The van der Waals surface area contributed by atoms with Crippen molar-refractivity contribution in [2.75, 3.05) is 16.8 Å². The van der Waals surface area contributed by atoms with Gasteiger partial charge in [-0.25, -0.2) is 4.98 Å². The standard InChI is InChI=1S/C13H14N2S/c1-2-4-12-10(3-1)5-7-14-13(12)15-11-6-8-16-9-11/h1-5,7,11H,6,8-9H2,(H,14,15). The van der Waals surface area contributed by atoms with Crippen LogP contribution in [0.3, 0.4) is 0 Å². The minimum absolute atomic E-state index is 0.586. The van der Waals surface area contributed by atoms with Crippen molar-refractivity contribution in [1.82, 2.24) is 4.98 Å². The molecule has 3 rings (SSSR count). The molecule has 1 saturated heterocycles. The van der Waals surface area contributed by atoms with Crippen molar-refractivity contribution >= 4 is 28.4 Å². The summed E-state index contributed by atoms with van der Waals surface area (Å²) in [7, 11) is 0. The molecule has 1 aromatic carbocycles. The first-order valence-corrected chi connectivity index (χ1v) is 6.77. The average Bonchev–Trinajstić information content (AvgIpc) is 2.82. The van der Waals surface area contributed by atoms with Gasteiger partial charge in [0.25, 0.3) is 0 Å². The lowest BCUT2D eigenvalue weighted by Crippen LogP contribution is -2.18. The second-order valence-electron chi connectivity index (χ2n) is 4.09. The first kappa shape index (κ1) is 9.97. The van der Waals surface area contributed by atoms with E-state index in [1.165, 1.54) is 28.7 Å². The zero-order valence-corrected chi connectivity index (χ0v) is 9.83. The highest BCUT2D eigenvalue weighted by Gasteiger charge is 2.16. The fourth-order valence-electron chi connectivity index (χ4n) is 2.08. The molecule has 1 N–H and O–H groups in total. The molecule has 0 saturated carbocycles. The second-order valence-corrected chi connectivity index (χ2v) is 5.24. The average molecular weight is 230 g/mol. The van der Waals surface area contributed by atoms with E-state index >= 15 is 0 Å². The zero-order valence-electron chi connectivity index (χ0n) is 9.02. The monoisotopic (exact) mass is 230 g/mol. The molecule has 3 heteroatoms. The summed E-state index contributed by atoms with van der Waals surface area (Å²) < 4.78 is 0. The largest absolute Gasteiger partial charge is 0.366 e. The Morgan fingerprint density at radius 3 is 3.06 bits per heavy atom. The summed E-state index contributed by atoms with van der Waals surface area (Å²) >= 11 is 2.02. The summed E-state index contributed by atoms with van der Waals surface area (Å²) in [4.78, 5) is 4.45. The smallest absolute Gasteiger partial charge is 0.134 e. The molecule has 16 heavy (non-hydrogen) atoms. The zero-order chi connectivity index (χ0) is 10.8. The van der Waals surface area contributed by atoms with E-state index in [2.05, 4.69) is 40.6 Å². The van der Waals surface area contributed by atoms with E-state index in [0.717, 1.165) is 5.82 Å². The van der Waals surface area contributed by atoms with Crippen molar-refractivity contribution in [1.29, 1.82) is 0 Å². The van der Waals surface area contributed by atoms with E-state index in [9.17, 15) is 0 Å². The molecule has 1 unspecified atom stereocenters. The van der Waals surface area contributed by atoms with Crippen molar-refractivity contribution in [2.24, 2.45) is 0 Å². The molecule has 0 aliphatic carbocycles. The van der Waals surface area contributed by atoms with Crippen LogP contribution in [0.15, 0.2) is 36.5 Å². The number of anilines is 1. The molecule has 0 amide bonds. The van der Waals surface area contributed by atoms with Gasteiger partial charge in [-0.3, -0.25) is 0 Å². The van der Waals surface area contributed by atoms with Gasteiger partial charge in [0, 0.05) is 23.4 Å². The van der Waals surface area contributed by atoms with Crippen molar-refractivity contribution in [3.05, 3.63) is 36.5 Å². The van der Waals surface area contributed by atoms with Gasteiger partial charge in [0.1, 0.15) is 5.82 Å². The van der Waals surface area contributed by atoms with Gasteiger partial charge in [-0.15, -0.1) is 0 Å². The van der Waals surface area contributed by atoms with Gasteiger partial charge in [-0.2, -0.15) is 11.8 Å². The molecule has 1 aromatic heterocycles. The van der Waals surface area contributed by atoms with Crippen LogP contribution in [0.1, 0.15) is 6.42 Å². The van der Waals surface area contributed by atoms with Crippen molar-refractivity contribution in [3.63, 3.8) is 0 Å². The first-order chi connectivity index (χ1) is 7.93. The molecular formula is C13H14N2S. The van der Waals surface area contributed by atoms with E-state index in [1.54, 1.807) is 0 Å². The molecule has 2 heterocycles. The molecule has 2 aromatic rings. The number of fused-ring (bicyclic) bond motifs is 1. The van der Waals surface area contributed by atoms with Gasteiger partial charge in [-0.05, 0) is 23.6 Å². The third-order valence-electron chi connectivity index (χ3n) is 2.94. The van der Waals surface area contributed by atoms with Crippen LogP contribution in [0.25, 0.3) is 10.8 Å². The highest BCUT2D eigenvalue weighted by atomic mass is 32.2. The summed E-state index contributed by atoms with van der Waals surface area (Å²) in [6.45, 7) is 0. The topological polar surface area (TPSA) is 24.9 Å². The summed E-state index contributed by atoms with van der Waals surface area (Å²) in [6, 6.07) is 11.0. The van der Waals surface area contributed by atoms with E-state index in [4.69, 9.17) is 0 Å². The number of aromatic nitrogens is 1. The van der Waals surface area contributed by atoms with Gasteiger partial charge >= 0.3 is 0 Å². The Balaban J connectivity index is 1.96. The number of thioether (sulfide) groups is 1. The maximum atomic E-state index is 4.45. The minimum atomic E-state index is 0.586. The molecule has 1 atom stereocenters. The van der Waals surface area contributed by atoms with Crippen molar-refractivity contribution in [3.8, 4) is 0 Å². The summed E-state index contributed by atoms with van der Waals surface area (Å²) in [5.41, 5.74) is 0. The van der Waals surface area contributed by atoms with Crippen molar-refractivity contribution < 1.29 is 0 Å². The van der Waals surface area contributed by atoms with E-state index in [1.807, 2.05) is 18.0 Å². The molecule has 0 radical (unpaired) electrons. The van der Waals surface area contributed by atoms with Gasteiger partial charge in [-0.1, -0.05) is 24.3 Å². The number of rotatable bonds is 2. The Bertz CT molecular complexity index is 487. The number of nitrogens with zero attached hydrogens (tertiary/aromatic N) is 1. The predicted molar refractivity (Wildman–Crippen MR) is 71.1 cm³/mol. The highest BCUT2D eigenvalue weighted by molar-refractivity contribution is 7.99. The van der Waals surface area contributed by atoms with Gasteiger partial charge in [0.2, 0.25) is 0 Å². The van der Waals surface area contributed by atoms with Crippen LogP contribution in [0, 0.1) is 0 Å². The lowest BCUT2D eigenvalue weighted by Gasteiger charge is -2.13. The van der Waals surface area contributed by atoms with Crippen molar-refractivity contribution in [2.45, 2.75) is 12.5 Å². The Morgan fingerprint density at radius 1 is 1.25 bits per heavy atom. The fraction of sp³-hybridized carbons (Fsp3) is 0.308. The van der Waals surface area contributed by atoms with Crippen LogP contribution in [0.2, 0.25) is 0 Å². The number of nitrogens with one attached hydrogen (secondary N) is 1. The molecule has 1 aliphatic rings. The normalized spacial score (nSPS) is 20.1. The molecule has 0 spiro atoms. The van der Waals surface area contributed by atoms with E-state index in [0.29, 0.717) is 6.04 Å². The Labute approximate surface area is 99.5 Å². The number of pyridine rings is 1.